The van der Waals surface area contributed by atoms with Gasteiger partial charge in [0, 0.05) is 17.2 Å². The third-order valence-electron chi connectivity index (χ3n) is 12.7. The Balaban J connectivity index is 0.000000165. The Morgan fingerprint density at radius 1 is 0.600 bits per heavy atom. The van der Waals surface area contributed by atoms with Gasteiger partial charge in [-0.3, -0.25) is 4.79 Å². The predicted molar refractivity (Wildman–Crippen MR) is 249 cm³/mol. The summed E-state index contributed by atoms with van der Waals surface area (Å²) in [7, 11) is 9.75. The van der Waals surface area contributed by atoms with Crippen molar-refractivity contribution in [1.82, 2.24) is 0 Å². The van der Waals surface area contributed by atoms with Gasteiger partial charge in [-0.15, -0.1) is 0 Å². The number of carbonyl (C=O) groups is 1. The summed E-state index contributed by atoms with van der Waals surface area (Å²) >= 11 is -1.98. The van der Waals surface area contributed by atoms with Crippen LogP contribution in [0.2, 0.25) is 9.38 Å². The minimum absolute atomic E-state index is 0.00876. The normalized spacial score (nSPS) is 20.2. The fourth-order valence-corrected chi connectivity index (χ4v) is 15.0. The van der Waals surface area contributed by atoms with Crippen LogP contribution in [0.4, 0.5) is 0 Å². The summed E-state index contributed by atoms with van der Waals surface area (Å²) in [4.78, 5) is 15.5. The third kappa shape index (κ3) is 7.52. The van der Waals surface area contributed by atoms with Crippen molar-refractivity contribution in [3.63, 3.8) is 0 Å². The number of hydrogen-bond acceptors (Lipinski definition) is 13. The van der Waals surface area contributed by atoms with Crippen LogP contribution in [0.3, 0.4) is 0 Å². The van der Waals surface area contributed by atoms with Crippen LogP contribution in [-0.4, -0.2) is 105 Å². The van der Waals surface area contributed by atoms with Crippen molar-refractivity contribution in [3.05, 3.63) is 88.0 Å². The van der Waals surface area contributed by atoms with E-state index in [-0.39, 0.29) is 30.5 Å². The van der Waals surface area contributed by atoms with Gasteiger partial charge in [-0.25, -0.2) is 0 Å². The van der Waals surface area contributed by atoms with Crippen molar-refractivity contribution in [3.8, 4) is 57.5 Å². The Morgan fingerprint density at radius 2 is 1.06 bits per heavy atom. The van der Waals surface area contributed by atoms with E-state index in [0.29, 0.717) is 63.7 Å². The van der Waals surface area contributed by atoms with E-state index in [1.165, 1.54) is 8.03 Å². The molecule has 0 bridgehead atoms. The molecule has 14 heteroatoms. The average Bonchev–Trinajstić information content (AvgIpc) is 3.29. The molecule has 65 heavy (non-hydrogen) atoms. The summed E-state index contributed by atoms with van der Waals surface area (Å²) in [5, 5.41) is 0. The Bertz CT molecular complexity index is 2710. The van der Waals surface area contributed by atoms with Crippen LogP contribution in [0.25, 0.3) is 26.3 Å². The first-order chi connectivity index (χ1) is 31.2. The zero-order valence-corrected chi connectivity index (χ0v) is 42.4. The van der Waals surface area contributed by atoms with Gasteiger partial charge in [-0.1, -0.05) is 0 Å². The predicted octanol–water partition coefficient (Wildman–Crippen LogP) is 9.46. The van der Waals surface area contributed by atoms with Gasteiger partial charge in [-0.05, 0) is 32.0 Å². The molecule has 3 atom stereocenters. The van der Waals surface area contributed by atoms with E-state index < -0.39 is 31.5 Å². The molecule has 6 heterocycles. The molecule has 0 radical (unpaired) electrons. The molecule has 0 fully saturated rings. The second-order valence-corrected chi connectivity index (χ2v) is 27.1. The van der Waals surface area contributed by atoms with Gasteiger partial charge in [0.25, 0.3) is 0 Å². The molecule has 6 aliphatic heterocycles. The number of Topliss-reactive ketones (excluding diaryl/α,β-unsaturated/α-hetero) is 1. The van der Waals surface area contributed by atoms with E-state index in [4.69, 9.17) is 56.8 Å². The molecule has 13 nitrogen and oxygen atoms in total. The van der Waals surface area contributed by atoms with Crippen LogP contribution in [-0.2, 0) is 9.47 Å². The van der Waals surface area contributed by atoms with E-state index in [1.807, 2.05) is 44.2 Å². The van der Waals surface area contributed by atoms with E-state index in [2.05, 4.69) is 43.9 Å². The van der Waals surface area contributed by atoms with Gasteiger partial charge in [0.05, 0.1) is 33.3 Å². The molecular weight excluding hydrogens is 939 g/mol. The van der Waals surface area contributed by atoms with E-state index in [0.717, 1.165) is 56.4 Å². The molecule has 0 saturated heterocycles. The zero-order chi connectivity index (χ0) is 46.1. The molecule has 0 saturated carbocycles. The Hall–Kier alpha value is -5.83. The quantitative estimate of drug-likeness (QED) is 0.156. The maximum absolute atomic E-state index is 13.0. The Kier molecular flexibility index (Phi) is 11.5. The number of benzene rings is 4. The van der Waals surface area contributed by atoms with Crippen LogP contribution in [0.1, 0.15) is 79.2 Å². The number of ketones is 1. The van der Waals surface area contributed by atoms with Gasteiger partial charge >= 0.3 is 209 Å². The van der Waals surface area contributed by atoms with Crippen molar-refractivity contribution in [2.75, 3.05) is 55.9 Å². The summed E-state index contributed by atoms with van der Waals surface area (Å²) in [6.07, 6.45) is 1.85. The molecule has 0 aliphatic carbocycles. The molecule has 342 valence electrons. The van der Waals surface area contributed by atoms with Gasteiger partial charge in [0.15, 0.2) is 23.4 Å². The number of rotatable bonds is 8. The molecule has 10 rings (SSSR count). The minimum atomic E-state index is -1.98. The summed E-state index contributed by atoms with van der Waals surface area (Å²) in [6, 6.07) is 15.3. The van der Waals surface area contributed by atoms with E-state index in [9.17, 15) is 4.79 Å². The van der Waals surface area contributed by atoms with E-state index >= 15 is 0 Å². The zero-order valence-electron chi connectivity index (χ0n) is 39.1. The SMILES string of the molecule is COC1=C2c3cc(OC)c(OC)cc3OC[C@H]2Oc2c1ccc1c2C(=O)CC(C)(C)O1.C[CH2][SnH]([CH3])[C]1=CC(C)(C)Oc2ccc3c(c21)O[C@@H]1COc2cc(OC)c(OC)cc2C1=C3OC. The maximum atomic E-state index is 13.0. The number of methoxy groups -OCH3 is 6. The number of carbonyl (C=O) groups excluding carboxylic acids is 1. The molecule has 1 unspecified atom stereocenters. The van der Waals surface area contributed by atoms with Gasteiger partial charge in [0.2, 0.25) is 0 Å². The van der Waals surface area contributed by atoms with Gasteiger partial charge in [0.1, 0.15) is 40.8 Å². The average molecular weight is 996 g/mol. The Labute approximate surface area is 386 Å². The molecule has 4 aromatic rings. The standard InChI is InChI=1S/C24H24O7.C24H23O6.C2H5.CH3.Sn.H/c1-24(2)10-14(25)21-15(31-24)7-6-12-22(28-5)20-13-8-17(26-3)18(27-4)9-16(13)29-11-19(20)30-23(12)21;1-24(2)9-8-13-16(30-24)7-6-14-22(13)29-20-12-28-17-11-19(26-4)18(25-3)10-15(17)21(20)23(14)27-5;1-2;;;/h6-9,19H,10-11H2,1-5H3;6-7,9-11,20H,12H2,1-5H3;1H2,2H3;1H3;;/t19-;20-;;;;/m11..../s1. The summed E-state index contributed by atoms with van der Waals surface area (Å²) in [5.41, 5.74) is 5.84. The first-order valence-corrected chi connectivity index (χ1v) is 29.1. The van der Waals surface area contributed by atoms with Crippen molar-refractivity contribution < 1.29 is 61.6 Å². The summed E-state index contributed by atoms with van der Waals surface area (Å²) in [6.45, 7) is 11.0. The summed E-state index contributed by atoms with van der Waals surface area (Å²) in [5.74, 6) is 7.98. The Morgan fingerprint density at radius 3 is 1.52 bits per heavy atom. The molecule has 0 spiro atoms. The van der Waals surface area contributed by atoms with Crippen LogP contribution in [0.15, 0.2) is 54.6 Å². The monoisotopic (exact) mass is 996 g/mol. The van der Waals surface area contributed by atoms with Crippen molar-refractivity contribution >= 4 is 51.8 Å². The van der Waals surface area contributed by atoms with Crippen LogP contribution in [0, 0.1) is 0 Å². The molecular formula is C51H56O13Sn. The second-order valence-electron chi connectivity index (χ2n) is 17.8. The van der Waals surface area contributed by atoms with Gasteiger partial charge in [-0.2, -0.15) is 0 Å². The number of hydrogen-bond donors (Lipinski definition) is 0. The fourth-order valence-electron chi connectivity index (χ4n) is 9.58. The third-order valence-corrected chi connectivity index (χ3v) is 20.5. The second kappa shape index (κ2) is 16.9. The molecule has 0 aromatic heterocycles. The van der Waals surface area contributed by atoms with Crippen LogP contribution in [0.5, 0.6) is 57.5 Å². The topological polar surface area (TPSA) is 128 Å². The number of fused-ring (bicyclic) bond motifs is 12. The first kappa shape index (κ1) is 44.4. The van der Waals surface area contributed by atoms with Gasteiger partial charge < -0.3 is 28.4 Å². The number of ether oxygens (including phenoxy) is 12. The summed E-state index contributed by atoms with van der Waals surface area (Å²) < 4.78 is 74.2. The van der Waals surface area contributed by atoms with Crippen LogP contribution >= 0.6 is 0 Å². The fraction of sp³-hybridized carbons (Fsp3) is 0.392. The van der Waals surface area contributed by atoms with E-state index in [1.54, 1.807) is 48.7 Å². The first-order valence-electron chi connectivity index (χ1n) is 21.9. The molecule has 0 N–H and O–H groups in total. The molecule has 6 aliphatic rings. The molecule has 0 amide bonds. The van der Waals surface area contributed by atoms with Crippen molar-refractivity contribution in [2.45, 2.75) is 73.8 Å². The van der Waals surface area contributed by atoms with Crippen LogP contribution < -0.4 is 47.4 Å². The van der Waals surface area contributed by atoms with Crippen molar-refractivity contribution in [2.24, 2.45) is 0 Å². The molecule has 4 aromatic carbocycles. The van der Waals surface area contributed by atoms with Crippen molar-refractivity contribution in [1.29, 1.82) is 0 Å².